The van der Waals surface area contributed by atoms with E-state index in [4.69, 9.17) is 60.0 Å². The molecule has 0 rings (SSSR count). The van der Waals surface area contributed by atoms with Crippen LogP contribution >= 0.6 is 9.90 Å². The quantitative estimate of drug-likeness (QED) is 0.277. The van der Waals surface area contributed by atoms with Gasteiger partial charge in [-0.15, -0.1) is 0 Å². The van der Waals surface area contributed by atoms with E-state index in [-0.39, 0.29) is 56.1 Å². The molecule has 0 amide bonds. The minimum Gasteiger partial charge on any atom is -0.652 e. The summed E-state index contributed by atoms with van der Waals surface area (Å²) in [6, 6.07) is 0. The Kier molecular flexibility index (Phi) is 81.5. The van der Waals surface area contributed by atoms with Crippen LogP contribution in [0.1, 0.15) is 0 Å². The van der Waals surface area contributed by atoms with Gasteiger partial charge >= 0.3 is 52.3 Å². The second kappa shape index (κ2) is 36.0. The molecule has 0 aliphatic carbocycles. The number of carbonyl (C=O) groups excluding carboxylic acids is 2. The van der Waals surface area contributed by atoms with Crippen LogP contribution in [0.5, 0.6) is 0 Å². The molecule has 1 atom stereocenters. The van der Waals surface area contributed by atoms with Crippen LogP contribution in [-0.2, 0) is 0 Å². The summed E-state index contributed by atoms with van der Waals surface area (Å²) in [5.74, 6) is 0. The number of carbonyl (C=O) groups is 4. The van der Waals surface area contributed by atoms with Gasteiger partial charge in [0.05, 0.1) is 0 Å². The van der Waals surface area contributed by atoms with E-state index in [9.17, 15) is 0 Å². The first-order chi connectivity index (χ1) is 6.93. The third kappa shape index (κ3) is 2730. The first kappa shape index (κ1) is 43.1. The van der Waals surface area contributed by atoms with Crippen molar-refractivity contribution in [2.75, 3.05) is 0 Å². The van der Waals surface area contributed by atoms with Crippen molar-refractivity contribution in [3.63, 3.8) is 0 Å². The van der Waals surface area contributed by atoms with Gasteiger partial charge in [0.25, 0.3) is 0 Å². The molecule has 19 heavy (non-hydrogen) atoms. The molecular formula is C4H6BCaO12P. The van der Waals surface area contributed by atoms with Gasteiger partial charge in [-0.3, -0.25) is 0 Å². The fraction of sp³-hybridized carbons (Fsp3) is 0. The Morgan fingerprint density at radius 3 is 0.684 bits per heavy atom. The minimum absolute atomic E-state index is 0. The Morgan fingerprint density at radius 2 is 0.684 bits per heavy atom. The molecule has 1 unspecified atom stereocenters. The molecule has 0 aromatic rings. The fourth-order valence-electron chi connectivity index (χ4n) is 0. The second-order valence-electron chi connectivity index (χ2n) is 1.05. The van der Waals surface area contributed by atoms with Crippen molar-refractivity contribution in [2.45, 2.75) is 0 Å². The number of hydrogen-bond donors (Lipinski definition) is 3. The van der Waals surface area contributed by atoms with Crippen LogP contribution in [0.2, 0.25) is 0 Å². The standard InChI is InChI=1S/4CH2O3.B.Ca.H3P/c4*2-1(3)4;;;/h4*(H2,2,3,4);;;1H3/q;;;;+3;+2;/p-5. The minimum atomic E-state index is -2.33. The van der Waals surface area contributed by atoms with Gasteiger partial charge < -0.3 is 55.2 Å². The maximum absolute atomic E-state index is 8.56. The van der Waals surface area contributed by atoms with Crippen LogP contribution in [0.25, 0.3) is 0 Å². The van der Waals surface area contributed by atoms with E-state index in [0.29, 0.717) is 0 Å². The van der Waals surface area contributed by atoms with Crippen LogP contribution in [0.4, 0.5) is 19.2 Å². The summed E-state index contributed by atoms with van der Waals surface area (Å²) in [5.41, 5.74) is 0. The summed E-state index contributed by atoms with van der Waals surface area (Å²) in [4.78, 5) is 33.7. The number of rotatable bonds is 0. The topological polar surface area (TPSA) is 244 Å². The van der Waals surface area contributed by atoms with Crippen molar-refractivity contribution in [2.24, 2.45) is 0 Å². The van der Waals surface area contributed by atoms with Crippen LogP contribution in [0.15, 0.2) is 0 Å². The van der Waals surface area contributed by atoms with E-state index >= 15 is 0 Å². The van der Waals surface area contributed by atoms with Gasteiger partial charge in [0, 0.05) is 0 Å². The molecule has 0 bridgehead atoms. The summed E-state index contributed by atoms with van der Waals surface area (Å²) in [6.45, 7) is 0. The number of carboxylic acid groups (broad SMARTS) is 8. The predicted molar refractivity (Wildman–Crippen MR) is 52.1 cm³/mol. The smallest absolute Gasteiger partial charge is 0.652 e. The Labute approximate surface area is 140 Å². The van der Waals surface area contributed by atoms with Crippen LogP contribution in [0.3, 0.4) is 0 Å². The second-order valence-corrected chi connectivity index (χ2v) is 1.05. The third-order valence-electron chi connectivity index (χ3n) is 0. The Hall–Kier alpha value is -1.17. The SMILES string of the molecule is O=C(O)O.O=C([O-])O.O=C([O-])[O-].O=C([O-])[O-].P.[B+3].[Ca+2]. The van der Waals surface area contributed by atoms with Gasteiger partial charge in [-0.25, -0.2) is 4.79 Å². The largest absolute Gasteiger partial charge is 3.00 e. The summed E-state index contributed by atoms with van der Waals surface area (Å²) < 4.78 is 0. The molecule has 3 N–H and O–H groups in total. The van der Waals surface area contributed by atoms with E-state index < -0.39 is 24.6 Å². The molecule has 15 heteroatoms. The first-order valence-electron chi connectivity index (χ1n) is 2.51. The molecule has 0 saturated heterocycles. The zero-order chi connectivity index (χ0) is 14.3. The third-order valence-corrected chi connectivity index (χ3v) is 0. The summed E-state index contributed by atoms with van der Waals surface area (Å²) in [7, 11) is 0. The van der Waals surface area contributed by atoms with Gasteiger partial charge in [0.2, 0.25) is 6.16 Å². The average Bonchev–Trinajstić information content (AvgIpc) is 1.76. The molecule has 0 aromatic carbocycles. The van der Waals surface area contributed by atoms with Crippen LogP contribution < -0.4 is 25.5 Å². The van der Waals surface area contributed by atoms with Gasteiger partial charge in [-0.05, 0) is 12.3 Å². The molecule has 0 fully saturated rings. The molecule has 0 heterocycles. The molecule has 104 valence electrons. The van der Waals surface area contributed by atoms with E-state index in [2.05, 4.69) is 0 Å². The van der Waals surface area contributed by atoms with Crippen molar-refractivity contribution in [1.82, 2.24) is 0 Å². The predicted octanol–water partition coefficient (Wildman–Crippen LogP) is -6.49. The number of hydrogen-bond acceptors (Lipinski definition) is 9. The van der Waals surface area contributed by atoms with Gasteiger partial charge in [-0.2, -0.15) is 9.90 Å². The molecular weight excluding hydrogens is 322 g/mol. The van der Waals surface area contributed by atoms with E-state index in [0.717, 1.165) is 0 Å². The normalized spacial score (nSPS) is 5.05. The van der Waals surface area contributed by atoms with E-state index in [1.165, 1.54) is 0 Å². The van der Waals surface area contributed by atoms with Gasteiger partial charge in [0.1, 0.15) is 0 Å². The monoisotopic (exact) mass is 328 g/mol. The van der Waals surface area contributed by atoms with Gasteiger partial charge in [0.15, 0.2) is 0 Å². The Balaban J connectivity index is -0.0000000192. The van der Waals surface area contributed by atoms with Crippen molar-refractivity contribution in [3.8, 4) is 0 Å². The van der Waals surface area contributed by atoms with Crippen molar-refractivity contribution in [3.05, 3.63) is 0 Å². The average molecular weight is 328 g/mol. The molecule has 0 aliphatic heterocycles. The van der Waals surface area contributed by atoms with E-state index in [1.807, 2.05) is 0 Å². The zero-order valence-corrected chi connectivity index (χ0v) is 12.6. The molecule has 0 saturated carbocycles. The first-order valence-corrected chi connectivity index (χ1v) is 2.51. The molecule has 12 nitrogen and oxygen atoms in total. The molecule has 0 spiro atoms. The van der Waals surface area contributed by atoms with Crippen molar-refractivity contribution >= 4 is 80.7 Å². The maximum Gasteiger partial charge on any atom is 3.00 e. The molecule has 0 aromatic heterocycles. The van der Waals surface area contributed by atoms with Crippen LogP contribution in [0, 0.1) is 0 Å². The fourth-order valence-corrected chi connectivity index (χ4v) is 0. The summed E-state index contributed by atoms with van der Waals surface area (Å²) in [6.07, 6.45) is -8.58. The maximum atomic E-state index is 8.56. The Morgan fingerprint density at radius 1 is 0.684 bits per heavy atom. The van der Waals surface area contributed by atoms with Crippen molar-refractivity contribution < 1.29 is 60.0 Å². The van der Waals surface area contributed by atoms with Crippen LogP contribution in [-0.4, -0.2) is 86.1 Å². The molecule has 0 aliphatic rings. The summed E-state index contributed by atoms with van der Waals surface area (Å²) in [5, 5.41) is 62.6. The Bertz CT molecular complexity index is 170. The summed E-state index contributed by atoms with van der Waals surface area (Å²) >= 11 is 0. The van der Waals surface area contributed by atoms with Crippen molar-refractivity contribution in [1.29, 1.82) is 0 Å². The zero-order valence-electron chi connectivity index (χ0n) is 9.01. The van der Waals surface area contributed by atoms with Gasteiger partial charge in [-0.1, -0.05) is 0 Å². The van der Waals surface area contributed by atoms with E-state index in [1.54, 1.807) is 0 Å². The molecule has 0 radical (unpaired) electrons.